The number of anilines is 1. The summed E-state index contributed by atoms with van der Waals surface area (Å²) in [6, 6.07) is 10.7. The summed E-state index contributed by atoms with van der Waals surface area (Å²) >= 11 is 1.29. The number of imide groups is 2. The minimum absolute atomic E-state index is 0.00205. The van der Waals surface area contributed by atoms with Crippen LogP contribution in [0.1, 0.15) is 175 Å². The molecule has 0 spiro atoms. The Hall–Kier alpha value is -9.80. The molecule has 644 valence electrons. The highest BCUT2D eigenvalue weighted by Crippen LogP contribution is 2.52. The zero-order valence-corrected chi connectivity index (χ0v) is 70.9. The highest BCUT2D eigenvalue weighted by molar-refractivity contribution is 8.00. The van der Waals surface area contributed by atoms with Gasteiger partial charge in [0.15, 0.2) is 5.78 Å². The van der Waals surface area contributed by atoms with E-state index in [-0.39, 0.29) is 143 Å². The Morgan fingerprint density at radius 3 is 1.98 bits per heavy atom. The lowest BCUT2D eigenvalue weighted by molar-refractivity contribution is -0.198. The van der Waals surface area contributed by atoms with Crippen molar-refractivity contribution in [3.05, 3.63) is 71.8 Å². The second-order valence-electron chi connectivity index (χ2n) is 32.3. The number of hydrogen-bond acceptors (Lipinski definition) is 23. The van der Waals surface area contributed by atoms with E-state index in [2.05, 4.69) is 31.9 Å². The normalized spacial score (nSPS) is 18.8. The number of ether oxygens (including phenoxy) is 5. The Balaban J connectivity index is 0.953. The monoisotopic (exact) mass is 1650 g/mol. The minimum atomic E-state index is -1.18. The molecule has 3 saturated heterocycles. The molecule has 0 bridgehead atoms. The van der Waals surface area contributed by atoms with Crippen LogP contribution in [-0.2, 0) is 87.9 Å². The van der Waals surface area contributed by atoms with Gasteiger partial charge in [-0.25, -0.2) is 14.4 Å². The molecule has 1 aliphatic carbocycles. The number of ketones is 1. The maximum Gasteiger partial charge on any atom is 0.508 e. The van der Waals surface area contributed by atoms with Crippen LogP contribution in [0.15, 0.2) is 60.7 Å². The summed E-state index contributed by atoms with van der Waals surface area (Å²) in [5.74, 6) is -7.35. The van der Waals surface area contributed by atoms with Crippen molar-refractivity contribution >= 4 is 117 Å². The summed E-state index contributed by atoms with van der Waals surface area (Å²) in [6.45, 7) is 15.8. The Kier molecular flexibility index (Phi) is 35.6. The van der Waals surface area contributed by atoms with E-state index < -0.39 is 137 Å². The molecular formula is C83H120N12O21S. The highest BCUT2D eigenvalue weighted by Gasteiger charge is 2.50. The Bertz CT molecular complexity index is 4020. The number of nitrogens with one attached hydrogen (secondary N) is 6. The van der Waals surface area contributed by atoms with Crippen LogP contribution >= 0.6 is 11.8 Å². The fourth-order valence-electron chi connectivity index (χ4n) is 15.2. The van der Waals surface area contributed by atoms with Crippen molar-refractivity contribution in [1.82, 2.24) is 51.2 Å². The number of rotatable bonds is 46. The first kappa shape index (κ1) is 94.4. The largest absolute Gasteiger partial charge is 0.508 e. The number of benzene rings is 3. The third-order valence-corrected chi connectivity index (χ3v) is 23.8. The number of urea groups is 1. The number of primary amides is 1. The molecule has 4 aliphatic rings. The summed E-state index contributed by atoms with van der Waals surface area (Å²) in [6.07, 6.45) is -1.04. The summed E-state index contributed by atoms with van der Waals surface area (Å²) in [4.78, 5) is 212. The lowest BCUT2D eigenvalue weighted by atomic mass is 9.89. The Labute approximate surface area is 688 Å². The number of methoxy groups -OCH3 is 3. The van der Waals surface area contributed by atoms with Gasteiger partial charge in [-0.1, -0.05) is 105 Å². The van der Waals surface area contributed by atoms with Crippen LogP contribution < -0.4 is 42.4 Å². The average molecular weight is 1650 g/mol. The van der Waals surface area contributed by atoms with Gasteiger partial charge in [0.05, 0.1) is 74.5 Å². The number of thioether (sulfide) groups is 1. The second kappa shape index (κ2) is 44.1. The zero-order chi connectivity index (χ0) is 86.3. The van der Waals surface area contributed by atoms with Gasteiger partial charge >= 0.3 is 18.2 Å². The number of hydroxylamine groups is 2. The topological polar surface area (TPSA) is 426 Å². The third-order valence-electron chi connectivity index (χ3n) is 22.2. The molecule has 33 nitrogen and oxygen atoms in total. The molecule has 7 rings (SSSR count). The van der Waals surface area contributed by atoms with Gasteiger partial charge in [0.25, 0.3) is 11.8 Å². The molecule has 0 aromatic heterocycles. The second-order valence-corrected chi connectivity index (χ2v) is 33.5. The maximum absolute atomic E-state index is 15.2. The van der Waals surface area contributed by atoms with Gasteiger partial charge in [-0.15, -0.1) is 16.8 Å². The molecule has 4 fully saturated rings. The summed E-state index contributed by atoms with van der Waals surface area (Å²) in [7, 11) is 9.63. The van der Waals surface area contributed by atoms with E-state index in [0.717, 1.165) is 10.8 Å². The number of amides is 13. The van der Waals surface area contributed by atoms with E-state index in [1.807, 2.05) is 53.7 Å². The van der Waals surface area contributed by atoms with E-state index in [4.69, 9.17) is 34.3 Å². The Morgan fingerprint density at radius 2 is 1.38 bits per heavy atom. The van der Waals surface area contributed by atoms with Crippen LogP contribution in [0.25, 0.3) is 10.8 Å². The number of unbranched alkanes of at least 4 members (excludes halogenated alkanes) is 2. The molecule has 3 heterocycles. The number of fused-ring (bicyclic) bond motifs is 1. The fraction of sp³-hybridized carbons (Fsp3) is 0.627. The van der Waals surface area contributed by atoms with Gasteiger partial charge in [-0.2, -0.15) is 0 Å². The number of likely N-dealkylation sites (N-methyl/N-ethyl adjacent to an activating group) is 2. The highest BCUT2D eigenvalue weighted by atomic mass is 32.2. The van der Waals surface area contributed by atoms with Crippen molar-refractivity contribution in [2.45, 2.75) is 225 Å². The molecule has 3 aromatic carbocycles. The molecule has 13 amide bonds. The molecule has 117 heavy (non-hydrogen) atoms. The van der Waals surface area contributed by atoms with E-state index in [1.165, 1.54) is 35.8 Å². The number of likely N-dealkylation sites (tertiary alicyclic amines) is 2. The number of nitrogens with two attached hydrogens (primary N) is 1. The summed E-state index contributed by atoms with van der Waals surface area (Å²) < 4.78 is 29.1. The molecule has 0 radical (unpaired) electrons. The van der Waals surface area contributed by atoms with E-state index in [0.29, 0.717) is 66.2 Å². The number of hydrogen-bond donors (Lipinski definition) is 7. The van der Waals surface area contributed by atoms with Crippen LogP contribution in [0.5, 0.6) is 5.75 Å². The number of carbonyl (C=O) groups excluding carboxylic acids is 15. The average Bonchev–Trinajstić information content (AvgIpc) is 1.69. The van der Waals surface area contributed by atoms with Crippen molar-refractivity contribution in [3.63, 3.8) is 0 Å². The lowest BCUT2D eigenvalue weighted by Crippen LogP contribution is -2.59. The molecular weight excluding hydrogens is 1530 g/mol. The standard InChI is InChI=1S/C83H120N12O21S/c1-16-50(8)73(92(12)80(108)71(48(4)5)90-78(106)72(49(6)7)91(10)11)62(112-14)40-67(100)94-44-58(39-60(94)74(113-15)51(9)75(103)86-43-61(96)55-26-25-54-38-57(111-13)30-27-53(54)37-55)115-82(110)114-45-52-23-28-56(29-24-52)87-76(104)59(21-20-35-85-81(84)109)88-77(105)70(47(2)3)89-64(97)22-18-17-19-36-93-68(101)41-63(79(93)107)117-46-83(33-34-83)42-69(102)116-95-65(98)31-32-66(95)99/h23-30,37-38,47-51,58-60,62-63,70-74H,16-22,31-36,39-46H2,1-15H3,(H,86,103)(H,87,104)(H,88,105)(H,89,97)(H,90,106)(H3,84,85,109)/t50-,51+,58-,59-,60-,62+,63?,70-,71-,72-,73-,74+/m0/s1. The van der Waals surface area contributed by atoms with Crippen molar-refractivity contribution < 1.29 is 100 Å². The number of nitrogens with zero attached hydrogens (tertiary/aromatic N) is 5. The molecule has 3 aliphatic heterocycles. The van der Waals surface area contributed by atoms with Gasteiger partial charge < -0.3 is 76.0 Å². The SMILES string of the molecule is CC[C@H](C)[C@@H]([C@@H](CC(=O)N1C[C@@H](OC(=O)OCc2ccc(NC(=O)[C@H](CCCNC(N)=O)NC(=O)[C@@H](NC(=O)CCCCCN3C(=O)CC(SCC4(CC(=O)ON5C(=O)CCC5=O)CC4)C3=O)C(C)C)cc2)C[C@H]1[C@H](OC)[C@@H](C)C(=O)NCC(=O)c1ccc2cc(OC)ccc2c1)OC)N(C)C(=O)[C@@H](NC(=O)[C@H](C(C)C)N(C)C)C(C)C. The summed E-state index contributed by atoms with van der Waals surface area (Å²) in [5.41, 5.74) is 5.95. The molecule has 1 saturated carbocycles. The van der Waals surface area contributed by atoms with Crippen LogP contribution in [-0.4, -0.2) is 248 Å². The number of Topliss-reactive ketones (excluding diaryl/α,β-unsaturated/α-hetero) is 1. The van der Waals surface area contributed by atoms with Gasteiger partial charge in [0.1, 0.15) is 36.6 Å². The van der Waals surface area contributed by atoms with Gasteiger partial charge in [0.2, 0.25) is 53.2 Å². The quantitative estimate of drug-likeness (QED) is 0.0140. The Morgan fingerprint density at radius 1 is 0.709 bits per heavy atom. The molecule has 3 aromatic rings. The van der Waals surface area contributed by atoms with Gasteiger partial charge in [-0.05, 0) is 128 Å². The van der Waals surface area contributed by atoms with Crippen molar-refractivity contribution in [3.8, 4) is 5.75 Å². The van der Waals surface area contributed by atoms with Crippen LogP contribution in [0.4, 0.5) is 15.3 Å². The smallest absolute Gasteiger partial charge is 0.497 e. The first-order valence-corrected chi connectivity index (χ1v) is 41.3. The van der Waals surface area contributed by atoms with Crippen molar-refractivity contribution in [1.29, 1.82) is 0 Å². The minimum Gasteiger partial charge on any atom is -0.497 e. The number of carbonyl (C=O) groups is 15. The maximum atomic E-state index is 15.2. The predicted molar refractivity (Wildman–Crippen MR) is 434 cm³/mol. The van der Waals surface area contributed by atoms with Gasteiger partial charge in [0, 0.05) is 83.5 Å². The van der Waals surface area contributed by atoms with Crippen molar-refractivity contribution in [2.24, 2.45) is 40.7 Å². The molecule has 1 unspecified atom stereocenters. The summed E-state index contributed by atoms with van der Waals surface area (Å²) in [5, 5.41) is 18.1. The first-order chi connectivity index (χ1) is 55.4. The molecule has 8 N–H and O–H groups in total. The van der Waals surface area contributed by atoms with Crippen LogP contribution in [0.2, 0.25) is 0 Å². The molecule has 12 atom stereocenters. The predicted octanol–water partition coefficient (Wildman–Crippen LogP) is 6.34. The van der Waals surface area contributed by atoms with Gasteiger partial charge in [-0.3, -0.25) is 67.3 Å². The van der Waals surface area contributed by atoms with Crippen LogP contribution in [0.3, 0.4) is 0 Å². The lowest BCUT2D eigenvalue weighted by Gasteiger charge is -2.41. The van der Waals surface area contributed by atoms with E-state index in [1.54, 1.807) is 107 Å². The third kappa shape index (κ3) is 26.6. The van der Waals surface area contributed by atoms with E-state index in [9.17, 15) is 67.1 Å². The van der Waals surface area contributed by atoms with Crippen molar-refractivity contribution in [2.75, 3.05) is 79.7 Å². The van der Waals surface area contributed by atoms with E-state index >= 15 is 4.79 Å². The fourth-order valence-corrected chi connectivity index (χ4v) is 16.6. The zero-order valence-electron chi connectivity index (χ0n) is 70.1. The van der Waals surface area contributed by atoms with Crippen LogP contribution in [0, 0.1) is 35.0 Å². The first-order valence-electron chi connectivity index (χ1n) is 40.3. The molecule has 34 heteroatoms.